The number of carbonyl (C=O) groups is 2. The fraction of sp³-hybridized carbons (Fsp3) is 0.278. The molecule has 5 nitrogen and oxygen atoms in total. The van der Waals surface area contributed by atoms with Gasteiger partial charge in [0.2, 0.25) is 5.91 Å². The lowest BCUT2D eigenvalue weighted by Gasteiger charge is -2.12. The molecule has 1 aliphatic carbocycles. The molecule has 1 saturated carbocycles. The quantitative estimate of drug-likeness (QED) is 0.882. The summed E-state index contributed by atoms with van der Waals surface area (Å²) >= 11 is 0. The minimum atomic E-state index is -0.306. The number of amides is 3. The van der Waals surface area contributed by atoms with Gasteiger partial charge in [0, 0.05) is 23.7 Å². The maximum Gasteiger partial charge on any atom is 0.324 e. The lowest BCUT2D eigenvalue weighted by atomic mass is 10.0. The molecular formula is C18H16FN3O2. The van der Waals surface area contributed by atoms with Crippen LogP contribution in [-0.2, 0) is 4.79 Å². The van der Waals surface area contributed by atoms with Crippen LogP contribution in [0.2, 0.25) is 0 Å². The Hall–Kier alpha value is -2.76. The molecule has 4 rings (SSSR count). The van der Waals surface area contributed by atoms with E-state index in [1.807, 2.05) is 19.1 Å². The van der Waals surface area contributed by atoms with E-state index in [1.165, 1.54) is 17.0 Å². The summed E-state index contributed by atoms with van der Waals surface area (Å²) in [6.45, 7) is 1.94. The van der Waals surface area contributed by atoms with E-state index < -0.39 is 0 Å². The minimum absolute atomic E-state index is 0.0693. The van der Waals surface area contributed by atoms with Crippen LogP contribution in [0.1, 0.15) is 23.5 Å². The van der Waals surface area contributed by atoms with Crippen molar-refractivity contribution in [2.24, 2.45) is 0 Å². The average molecular weight is 325 g/mol. The first-order valence-corrected chi connectivity index (χ1v) is 7.87. The molecule has 2 fully saturated rings. The predicted molar refractivity (Wildman–Crippen MR) is 85.8 cm³/mol. The summed E-state index contributed by atoms with van der Waals surface area (Å²) in [6, 6.07) is 8.12. The lowest BCUT2D eigenvalue weighted by Crippen LogP contribution is -2.33. The fourth-order valence-corrected chi connectivity index (χ4v) is 3.29. The van der Waals surface area contributed by atoms with Gasteiger partial charge in [-0.3, -0.25) is 14.7 Å². The van der Waals surface area contributed by atoms with E-state index in [9.17, 15) is 14.0 Å². The van der Waals surface area contributed by atoms with Gasteiger partial charge in [0.05, 0.1) is 12.2 Å². The number of aryl methyl sites for hydroxylation is 1. The number of hydrogen-bond acceptors (Lipinski definition) is 3. The summed E-state index contributed by atoms with van der Waals surface area (Å²) in [7, 11) is 0. The highest BCUT2D eigenvalue weighted by Crippen LogP contribution is 2.45. The van der Waals surface area contributed by atoms with Crippen LogP contribution in [0.3, 0.4) is 0 Å². The Balaban J connectivity index is 1.53. The zero-order valence-electron chi connectivity index (χ0n) is 13.1. The number of benzene rings is 1. The third-order valence-corrected chi connectivity index (χ3v) is 4.65. The minimum Gasteiger partial charge on any atom is -0.329 e. The molecular weight excluding hydrogens is 309 g/mol. The molecule has 1 aromatic carbocycles. The van der Waals surface area contributed by atoms with Crippen molar-refractivity contribution >= 4 is 11.9 Å². The van der Waals surface area contributed by atoms with Crippen LogP contribution in [0, 0.1) is 12.7 Å². The van der Waals surface area contributed by atoms with Crippen molar-refractivity contribution < 1.29 is 14.0 Å². The molecule has 0 radical (unpaired) electrons. The molecule has 2 atom stereocenters. The van der Waals surface area contributed by atoms with E-state index in [1.54, 1.807) is 12.3 Å². The van der Waals surface area contributed by atoms with Gasteiger partial charge in [-0.25, -0.2) is 9.18 Å². The third-order valence-electron chi connectivity index (χ3n) is 4.65. The summed E-state index contributed by atoms with van der Waals surface area (Å²) in [5.74, 6) is -0.282. The molecule has 1 saturated heterocycles. The van der Waals surface area contributed by atoms with Crippen LogP contribution in [-0.4, -0.2) is 34.4 Å². The first-order valence-electron chi connectivity index (χ1n) is 7.87. The van der Waals surface area contributed by atoms with Crippen molar-refractivity contribution in [1.82, 2.24) is 15.2 Å². The van der Waals surface area contributed by atoms with Gasteiger partial charge in [0.25, 0.3) is 0 Å². The van der Waals surface area contributed by atoms with E-state index >= 15 is 0 Å². The van der Waals surface area contributed by atoms with Gasteiger partial charge in [-0.05, 0) is 48.7 Å². The van der Waals surface area contributed by atoms with E-state index in [2.05, 4.69) is 10.3 Å². The van der Waals surface area contributed by atoms with E-state index in [4.69, 9.17) is 0 Å². The number of carbonyl (C=O) groups excluding carboxylic acids is 2. The maximum absolute atomic E-state index is 13.2. The van der Waals surface area contributed by atoms with Crippen molar-refractivity contribution in [3.63, 3.8) is 0 Å². The first-order chi connectivity index (χ1) is 11.5. The van der Waals surface area contributed by atoms with Crippen molar-refractivity contribution in [2.75, 3.05) is 6.54 Å². The standard InChI is InChI=1S/C18H16FN3O2/c1-10-6-12(19)3-4-13(10)15-5-2-11(8-20-15)14-7-16(14)22-17(23)9-21-18(22)24/h2-6,8,14,16H,7,9H2,1H3,(H,21,24)/t14-,16+/m0/s1. The Morgan fingerprint density at radius 3 is 2.71 bits per heavy atom. The molecule has 1 aromatic heterocycles. The van der Waals surface area contributed by atoms with Crippen LogP contribution in [0.25, 0.3) is 11.3 Å². The van der Waals surface area contributed by atoms with Gasteiger partial charge in [0.15, 0.2) is 0 Å². The molecule has 122 valence electrons. The van der Waals surface area contributed by atoms with Gasteiger partial charge in [0.1, 0.15) is 5.82 Å². The van der Waals surface area contributed by atoms with Gasteiger partial charge in [-0.1, -0.05) is 6.07 Å². The fourth-order valence-electron chi connectivity index (χ4n) is 3.29. The number of urea groups is 1. The van der Waals surface area contributed by atoms with Crippen molar-refractivity contribution in [3.05, 3.63) is 53.5 Å². The monoisotopic (exact) mass is 325 g/mol. The molecule has 24 heavy (non-hydrogen) atoms. The van der Waals surface area contributed by atoms with Crippen molar-refractivity contribution in [2.45, 2.75) is 25.3 Å². The molecule has 0 spiro atoms. The largest absolute Gasteiger partial charge is 0.329 e. The normalized spacial score (nSPS) is 22.7. The highest BCUT2D eigenvalue weighted by Gasteiger charge is 2.49. The lowest BCUT2D eigenvalue weighted by molar-refractivity contribution is -0.125. The molecule has 0 bridgehead atoms. The summed E-state index contributed by atoms with van der Waals surface area (Å²) in [6.07, 6.45) is 2.55. The van der Waals surface area contributed by atoms with E-state index in [0.717, 1.165) is 28.8 Å². The zero-order chi connectivity index (χ0) is 16.8. The second-order valence-electron chi connectivity index (χ2n) is 6.27. The maximum atomic E-state index is 13.2. The molecule has 6 heteroatoms. The molecule has 2 heterocycles. The average Bonchev–Trinajstić information content (AvgIpc) is 3.26. The number of hydrogen-bond donors (Lipinski definition) is 1. The number of rotatable bonds is 3. The number of imide groups is 1. The van der Waals surface area contributed by atoms with Gasteiger partial charge in [-0.2, -0.15) is 0 Å². The second-order valence-corrected chi connectivity index (χ2v) is 6.27. The van der Waals surface area contributed by atoms with E-state index in [-0.39, 0.29) is 36.3 Å². The Labute approximate surface area is 138 Å². The van der Waals surface area contributed by atoms with Gasteiger partial charge >= 0.3 is 6.03 Å². The highest BCUT2D eigenvalue weighted by atomic mass is 19.1. The molecule has 2 aromatic rings. The Morgan fingerprint density at radius 1 is 1.25 bits per heavy atom. The van der Waals surface area contributed by atoms with Crippen LogP contribution < -0.4 is 5.32 Å². The number of pyridine rings is 1. The van der Waals surface area contributed by atoms with Crippen LogP contribution in [0.4, 0.5) is 9.18 Å². The number of nitrogens with zero attached hydrogens (tertiary/aromatic N) is 2. The Morgan fingerprint density at radius 2 is 2.08 bits per heavy atom. The molecule has 3 amide bonds. The van der Waals surface area contributed by atoms with Crippen molar-refractivity contribution in [3.8, 4) is 11.3 Å². The Kier molecular flexibility index (Phi) is 3.33. The summed E-state index contributed by atoms with van der Waals surface area (Å²) in [5.41, 5.74) is 3.52. The number of aromatic nitrogens is 1. The second kappa shape index (κ2) is 5.40. The molecule has 1 N–H and O–H groups in total. The van der Waals surface area contributed by atoms with Crippen LogP contribution in [0.5, 0.6) is 0 Å². The zero-order valence-corrected chi connectivity index (χ0v) is 13.1. The number of nitrogens with one attached hydrogen (secondary N) is 1. The van der Waals surface area contributed by atoms with Crippen LogP contribution >= 0.6 is 0 Å². The highest BCUT2D eigenvalue weighted by molar-refractivity contribution is 6.02. The van der Waals surface area contributed by atoms with Gasteiger partial charge < -0.3 is 5.32 Å². The predicted octanol–water partition coefficient (Wildman–Crippen LogP) is 2.60. The molecule has 1 aliphatic heterocycles. The van der Waals surface area contributed by atoms with Crippen LogP contribution in [0.15, 0.2) is 36.5 Å². The Bertz CT molecular complexity index is 819. The summed E-state index contributed by atoms with van der Waals surface area (Å²) < 4.78 is 13.2. The molecule has 0 unspecified atom stereocenters. The summed E-state index contributed by atoms with van der Waals surface area (Å²) in [4.78, 5) is 29.2. The van der Waals surface area contributed by atoms with E-state index in [0.29, 0.717) is 0 Å². The molecule has 2 aliphatic rings. The summed E-state index contributed by atoms with van der Waals surface area (Å²) in [5, 5.41) is 2.55. The van der Waals surface area contributed by atoms with Gasteiger partial charge in [-0.15, -0.1) is 0 Å². The number of halogens is 1. The SMILES string of the molecule is Cc1cc(F)ccc1-c1ccc([C@@H]2C[C@H]2N2C(=O)CNC2=O)cn1. The van der Waals surface area contributed by atoms with Crippen molar-refractivity contribution in [1.29, 1.82) is 0 Å². The first kappa shape index (κ1) is 14.8. The smallest absolute Gasteiger partial charge is 0.324 e. The topological polar surface area (TPSA) is 62.3 Å². The third kappa shape index (κ3) is 2.44.